The van der Waals surface area contributed by atoms with E-state index in [0.29, 0.717) is 30.7 Å². The third-order valence-electron chi connectivity index (χ3n) is 5.56. The van der Waals surface area contributed by atoms with Crippen molar-refractivity contribution in [1.29, 1.82) is 0 Å². The van der Waals surface area contributed by atoms with E-state index in [2.05, 4.69) is 34.0 Å². The fourth-order valence-corrected chi connectivity index (χ4v) is 3.84. The van der Waals surface area contributed by atoms with Crippen LogP contribution >= 0.6 is 0 Å². The van der Waals surface area contributed by atoms with Gasteiger partial charge in [0, 0.05) is 37.7 Å². The second kappa shape index (κ2) is 8.08. The molecule has 1 N–H and O–H groups in total. The maximum atomic E-state index is 12.8. The smallest absolute Gasteiger partial charge is 0.274 e. The molecule has 3 heterocycles. The molecule has 29 heavy (non-hydrogen) atoms. The van der Waals surface area contributed by atoms with Crippen molar-refractivity contribution >= 4 is 17.4 Å². The standard InChI is InChI=1S/C22H28N4O3/c1-15(2)17-4-6-18(7-5-17)25-21(27)19-14-20(24-16(3)23-19)26-10-8-22(9-11-26)28-12-13-29-22/h4-7,14-15H,8-13H2,1-3H3,(H,25,27). The molecule has 1 aromatic carbocycles. The predicted molar refractivity (Wildman–Crippen MR) is 111 cm³/mol. The molecule has 0 atom stereocenters. The highest BCUT2D eigenvalue weighted by atomic mass is 16.7. The first-order valence-corrected chi connectivity index (χ1v) is 10.2. The van der Waals surface area contributed by atoms with Gasteiger partial charge in [-0.2, -0.15) is 0 Å². The average Bonchev–Trinajstić information content (AvgIpc) is 3.16. The molecule has 0 radical (unpaired) electrons. The molecule has 2 saturated heterocycles. The van der Waals surface area contributed by atoms with E-state index < -0.39 is 5.79 Å². The molecule has 0 bridgehead atoms. The largest absolute Gasteiger partial charge is 0.356 e. The zero-order valence-corrected chi connectivity index (χ0v) is 17.3. The molecule has 154 valence electrons. The number of rotatable bonds is 4. The number of ether oxygens (including phenoxy) is 2. The normalized spacial score (nSPS) is 18.4. The van der Waals surface area contributed by atoms with Crippen LogP contribution in [0.4, 0.5) is 11.5 Å². The summed E-state index contributed by atoms with van der Waals surface area (Å²) in [5.74, 6) is 1.14. The van der Waals surface area contributed by atoms with Gasteiger partial charge in [0.15, 0.2) is 5.79 Å². The first-order chi connectivity index (χ1) is 13.9. The number of nitrogens with one attached hydrogen (secondary N) is 1. The minimum absolute atomic E-state index is 0.231. The van der Waals surface area contributed by atoms with Crippen LogP contribution in [0, 0.1) is 6.92 Å². The lowest BCUT2D eigenvalue weighted by molar-refractivity contribution is -0.169. The van der Waals surface area contributed by atoms with E-state index >= 15 is 0 Å². The Balaban J connectivity index is 1.45. The number of hydrogen-bond acceptors (Lipinski definition) is 6. The number of hydrogen-bond donors (Lipinski definition) is 1. The summed E-state index contributed by atoms with van der Waals surface area (Å²) in [6, 6.07) is 9.68. The summed E-state index contributed by atoms with van der Waals surface area (Å²) in [7, 11) is 0. The van der Waals surface area contributed by atoms with Crippen molar-refractivity contribution in [2.45, 2.75) is 45.3 Å². The van der Waals surface area contributed by atoms with Crippen LogP contribution in [0.1, 0.15) is 54.5 Å². The monoisotopic (exact) mass is 396 g/mol. The minimum Gasteiger partial charge on any atom is -0.356 e. The van der Waals surface area contributed by atoms with Gasteiger partial charge in [0.1, 0.15) is 17.3 Å². The van der Waals surface area contributed by atoms with E-state index in [9.17, 15) is 4.79 Å². The van der Waals surface area contributed by atoms with Crippen molar-refractivity contribution < 1.29 is 14.3 Å². The summed E-state index contributed by atoms with van der Waals surface area (Å²) in [6.45, 7) is 8.97. The number of anilines is 2. The van der Waals surface area contributed by atoms with Gasteiger partial charge in [-0.1, -0.05) is 26.0 Å². The number of aromatic nitrogens is 2. The van der Waals surface area contributed by atoms with E-state index in [-0.39, 0.29) is 5.91 Å². The minimum atomic E-state index is -0.430. The summed E-state index contributed by atoms with van der Waals surface area (Å²) in [5, 5.41) is 2.93. The number of aryl methyl sites for hydroxylation is 1. The maximum absolute atomic E-state index is 12.8. The molecule has 2 aliphatic rings. The van der Waals surface area contributed by atoms with Crippen LogP contribution < -0.4 is 10.2 Å². The van der Waals surface area contributed by atoms with Crippen LogP contribution in [0.3, 0.4) is 0 Å². The van der Waals surface area contributed by atoms with Crippen molar-refractivity contribution in [3.63, 3.8) is 0 Å². The second-order valence-corrected chi connectivity index (χ2v) is 7.98. The number of nitrogens with zero attached hydrogens (tertiary/aromatic N) is 3. The van der Waals surface area contributed by atoms with Crippen LogP contribution in [0.2, 0.25) is 0 Å². The van der Waals surface area contributed by atoms with Crippen LogP contribution in [0.15, 0.2) is 30.3 Å². The molecule has 0 saturated carbocycles. The number of benzene rings is 1. The number of carbonyl (C=O) groups is 1. The second-order valence-electron chi connectivity index (χ2n) is 7.98. The van der Waals surface area contributed by atoms with Crippen molar-refractivity contribution in [3.05, 3.63) is 47.4 Å². The van der Waals surface area contributed by atoms with Gasteiger partial charge in [0.05, 0.1) is 13.2 Å². The number of piperidine rings is 1. The first kappa shape index (κ1) is 19.8. The summed E-state index contributed by atoms with van der Waals surface area (Å²) in [4.78, 5) is 23.8. The molecule has 0 aliphatic carbocycles. The molecule has 1 spiro atoms. The van der Waals surface area contributed by atoms with Crippen molar-refractivity contribution in [2.75, 3.05) is 36.5 Å². The van der Waals surface area contributed by atoms with E-state index in [4.69, 9.17) is 9.47 Å². The Morgan fingerprint density at radius 3 is 2.38 bits per heavy atom. The zero-order valence-electron chi connectivity index (χ0n) is 17.3. The van der Waals surface area contributed by atoms with Gasteiger partial charge < -0.3 is 19.7 Å². The molecule has 4 rings (SSSR count). The number of amides is 1. The van der Waals surface area contributed by atoms with Crippen LogP contribution in [0.5, 0.6) is 0 Å². The Morgan fingerprint density at radius 1 is 1.10 bits per heavy atom. The lowest BCUT2D eigenvalue weighted by Gasteiger charge is -2.38. The van der Waals surface area contributed by atoms with Gasteiger partial charge in [-0.05, 0) is 30.5 Å². The van der Waals surface area contributed by atoms with Gasteiger partial charge in [0.2, 0.25) is 0 Å². The lowest BCUT2D eigenvalue weighted by atomic mass is 10.0. The quantitative estimate of drug-likeness (QED) is 0.852. The van der Waals surface area contributed by atoms with E-state index in [1.165, 1.54) is 5.56 Å². The highest BCUT2D eigenvalue weighted by Crippen LogP contribution is 2.32. The third kappa shape index (κ3) is 4.41. The Kier molecular flexibility index (Phi) is 5.52. The van der Waals surface area contributed by atoms with Crippen LogP contribution in [-0.4, -0.2) is 48.0 Å². The van der Waals surface area contributed by atoms with E-state index in [1.807, 2.05) is 31.2 Å². The van der Waals surface area contributed by atoms with Gasteiger partial charge >= 0.3 is 0 Å². The van der Waals surface area contributed by atoms with Crippen molar-refractivity contribution in [2.24, 2.45) is 0 Å². The topological polar surface area (TPSA) is 76.6 Å². The molecular formula is C22H28N4O3. The fourth-order valence-electron chi connectivity index (χ4n) is 3.84. The van der Waals surface area contributed by atoms with Gasteiger partial charge in [-0.25, -0.2) is 9.97 Å². The van der Waals surface area contributed by atoms with Crippen molar-refractivity contribution in [3.8, 4) is 0 Å². The fraction of sp³-hybridized carbons (Fsp3) is 0.500. The van der Waals surface area contributed by atoms with E-state index in [0.717, 1.165) is 37.4 Å². The van der Waals surface area contributed by atoms with Gasteiger partial charge in [-0.3, -0.25) is 4.79 Å². The SMILES string of the molecule is Cc1nc(C(=O)Nc2ccc(C(C)C)cc2)cc(N2CCC3(CC2)OCCO3)n1. The molecule has 1 amide bonds. The van der Waals surface area contributed by atoms with E-state index in [1.54, 1.807) is 6.07 Å². The van der Waals surface area contributed by atoms with Crippen molar-refractivity contribution in [1.82, 2.24) is 9.97 Å². The predicted octanol–water partition coefficient (Wildman–Crippen LogP) is 3.50. The third-order valence-corrected chi connectivity index (χ3v) is 5.56. The Hall–Kier alpha value is -2.51. The van der Waals surface area contributed by atoms with Crippen LogP contribution in [-0.2, 0) is 9.47 Å². The summed E-state index contributed by atoms with van der Waals surface area (Å²) >= 11 is 0. The molecule has 0 unspecified atom stereocenters. The van der Waals surface area contributed by atoms with Crippen LogP contribution in [0.25, 0.3) is 0 Å². The summed E-state index contributed by atoms with van der Waals surface area (Å²) in [5.41, 5.74) is 2.36. The molecule has 7 heteroatoms. The Bertz CT molecular complexity index is 866. The highest BCUT2D eigenvalue weighted by Gasteiger charge is 2.40. The molecule has 2 fully saturated rings. The summed E-state index contributed by atoms with van der Waals surface area (Å²) < 4.78 is 11.6. The van der Waals surface area contributed by atoms with Gasteiger partial charge in [0.25, 0.3) is 5.91 Å². The van der Waals surface area contributed by atoms with Gasteiger partial charge in [-0.15, -0.1) is 0 Å². The summed E-state index contributed by atoms with van der Waals surface area (Å²) in [6.07, 6.45) is 1.58. The Morgan fingerprint density at radius 2 is 1.76 bits per heavy atom. The lowest BCUT2D eigenvalue weighted by Crippen LogP contribution is -2.45. The molecular weight excluding hydrogens is 368 g/mol. The molecule has 7 nitrogen and oxygen atoms in total. The average molecular weight is 396 g/mol. The number of carbonyl (C=O) groups excluding carboxylic acids is 1. The molecule has 1 aromatic heterocycles. The molecule has 2 aliphatic heterocycles. The first-order valence-electron chi connectivity index (χ1n) is 10.2. The molecule has 2 aromatic rings. The zero-order chi connectivity index (χ0) is 20.4. The highest BCUT2D eigenvalue weighted by molar-refractivity contribution is 6.03. The Labute approximate surface area is 171 Å². The maximum Gasteiger partial charge on any atom is 0.274 e.